The molecule has 1 N–H and O–H groups in total. The summed E-state index contributed by atoms with van der Waals surface area (Å²) in [6.07, 6.45) is 0.705. The highest BCUT2D eigenvalue weighted by atomic mass is 32.2. The number of methoxy groups -OCH3 is 1. The number of hydrogen-bond donors (Lipinski definition) is 1. The lowest BCUT2D eigenvalue weighted by atomic mass is 10.0. The van der Waals surface area contributed by atoms with E-state index in [1.807, 2.05) is 35.7 Å². The van der Waals surface area contributed by atoms with Gasteiger partial charge in [0.15, 0.2) is 15.0 Å². The lowest BCUT2D eigenvalue weighted by Crippen LogP contribution is -2.17. The van der Waals surface area contributed by atoms with Gasteiger partial charge >= 0.3 is 0 Å². The highest BCUT2D eigenvalue weighted by Crippen LogP contribution is 2.26. The minimum absolute atomic E-state index is 0.155. The Hall–Kier alpha value is -3.49. The molecule has 34 heavy (non-hydrogen) atoms. The number of anilines is 1. The van der Waals surface area contributed by atoms with Crippen molar-refractivity contribution < 1.29 is 17.9 Å². The van der Waals surface area contributed by atoms with Gasteiger partial charge in [0.25, 0.3) is 0 Å². The molecule has 0 atom stereocenters. The van der Waals surface area contributed by atoms with E-state index in [9.17, 15) is 13.2 Å². The third-order valence-corrected chi connectivity index (χ3v) is 7.76. The van der Waals surface area contributed by atoms with Crippen molar-refractivity contribution in [2.45, 2.75) is 17.7 Å². The van der Waals surface area contributed by atoms with Crippen LogP contribution in [0.2, 0.25) is 0 Å². The van der Waals surface area contributed by atoms with E-state index in [2.05, 4.69) is 34.6 Å². The lowest BCUT2D eigenvalue weighted by Gasteiger charge is -2.06. The van der Waals surface area contributed by atoms with Gasteiger partial charge in [-0.2, -0.15) is 0 Å². The number of aromatic nitrogens is 1. The second-order valence-corrected chi connectivity index (χ2v) is 10.7. The van der Waals surface area contributed by atoms with E-state index in [1.165, 1.54) is 41.7 Å². The Morgan fingerprint density at radius 1 is 0.941 bits per heavy atom. The number of ether oxygens (including phenoxy) is 1. The first-order valence-corrected chi connectivity index (χ1v) is 13.2. The van der Waals surface area contributed by atoms with Crippen molar-refractivity contribution in [1.29, 1.82) is 0 Å². The Balaban J connectivity index is 1.32. The van der Waals surface area contributed by atoms with Crippen LogP contribution in [-0.4, -0.2) is 32.2 Å². The number of hydrogen-bond acceptors (Lipinski definition) is 6. The van der Waals surface area contributed by atoms with Crippen LogP contribution in [0.5, 0.6) is 5.75 Å². The molecule has 0 radical (unpaired) electrons. The summed E-state index contributed by atoms with van der Waals surface area (Å²) in [4.78, 5) is 17.0. The van der Waals surface area contributed by atoms with E-state index >= 15 is 0 Å². The molecule has 4 aromatic rings. The summed E-state index contributed by atoms with van der Waals surface area (Å²) < 4.78 is 30.0. The van der Waals surface area contributed by atoms with Crippen molar-refractivity contribution in [3.05, 3.63) is 95.4 Å². The fourth-order valence-corrected chi connectivity index (χ4v) is 5.37. The number of thiazole rings is 1. The summed E-state index contributed by atoms with van der Waals surface area (Å²) in [5, 5.41) is 5.01. The first kappa shape index (κ1) is 23.7. The number of amides is 1. The summed E-state index contributed by atoms with van der Waals surface area (Å²) in [7, 11) is -2.06. The second-order valence-electron chi connectivity index (χ2n) is 7.69. The summed E-state index contributed by atoms with van der Waals surface area (Å²) >= 11 is 1.31. The van der Waals surface area contributed by atoms with Crippen molar-refractivity contribution in [2.75, 3.05) is 18.2 Å². The van der Waals surface area contributed by atoms with E-state index < -0.39 is 15.7 Å². The van der Waals surface area contributed by atoms with E-state index in [-0.39, 0.29) is 17.1 Å². The molecule has 0 aliphatic rings. The molecule has 4 rings (SSSR count). The SMILES string of the molecule is COc1ccc(S(=O)(=O)CCC(=O)Nc2nc(-c3ccc(Cc4ccccc4)cc3)cs2)cc1. The number of nitrogens with one attached hydrogen (secondary N) is 1. The van der Waals surface area contributed by atoms with Crippen molar-refractivity contribution in [3.8, 4) is 17.0 Å². The van der Waals surface area contributed by atoms with Crippen LogP contribution < -0.4 is 10.1 Å². The van der Waals surface area contributed by atoms with Crippen LogP contribution in [0.1, 0.15) is 17.5 Å². The molecular weight excluding hydrogens is 468 g/mol. The van der Waals surface area contributed by atoms with Gasteiger partial charge in [-0.3, -0.25) is 4.79 Å². The summed E-state index contributed by atoms with van der Waals surface area (Å²) in [5.41, 5.74) is 4.17. The summed E-state index contributed by atoms with van der Waals surface area (Å²) in [6, 6.07) is 24.6. The second kappa shape index (κ2) is 10.6. The number of carbonyl (C=O) groups is 1. The summed E-state index contributed by atoms with van der Waals surface area (Å²) in [6.45, 7) is 0. The minimum atomic E-state index is -3.57. The molecule has 3 aromatic carbocycles. The number of carbonyl (C=O) groups excluding carboxylic acids is 1. The Morgan fingerprint density at radius 2 is 1.62 bits per heavy atom. The zero-order valence-corrected chi connectivity index (χ0v) is 20.2. The largest absolute Gasteiger partial charge is 0.497 e. The normalized spacial score (nSPS) is 11.2. The topological polar surface area (TPSA) is 85.4 Å². The molecule has 6 nitrogen and oxygen atoms in total. The average Bonchev–Trinajstić information content (AvgIpc) is 3.32. The molecule has 0 saturated carbocycles. The Bertz CT molecular complexity index is 1350. The molecule has 1 amide bonds. The zero-order chi connectivity index (χ0) is 24.0. The molecule has 0 aliphatic carbocycles. The maximum absolute atomic E-state index is 12.5. The van der Waals surface area contributed by atoms with Crippen LogP contribution in [0.3, 0.4) is 0 Å². The maximum atomic E-state index is 12.5. The van der Waals surface area contributed by atoms with Gasteiger partial charge in [-0.15, -0.1) is 11.3 Å². The van der Waals surface area contributed by atoms with Crippen molar-refractivity contribution in [2.24, 2.45) is 0 Å². The first-order valence-electron chi connectivity index (χ1n) is 10.7. The highest BCUT2D eigenvalue weighted by molar-refractivity contribution is 7.91. The van der Waals surface area contributed by atoms with Gasteiger partial charge in [-0.05, 0) is 41.8 Å². The first-order chi connectivity index (χ1) is 16.4. The van der Waals surface area contributed by atoms with Gasteiger partial charge in [0.05, 0.1) is 23.5 Å². The van der Waals surface area contributed by atoms with Crippen LogP contribution in [0.25, 0.3) is 11.3 Å². The predicted octanol–water partition coefficient (Wildman–Crippen LogP) is 5.21. The minimum Gasteiger partial charge on any atom is -0.497 e. The van der Waals surface area contributed by atoms with Crippen LogP contribution in [-0.2, 0) is 21.1 Å². The van der Waals surface area contributed by atoms with Gasteiger partial charge in [-0.1, -0.05) is 54.6 Å². The monoisotopic (exact) mass is 492 g/mol. The van der Waals surface area contributed by atoms with Gasteiger partial charge < -0.3 is 10.1 Å². The zero-order valence-electron chi connectivity index (χ0n) is 18.6. The van der Waals surface area contributed by atoms with Crippen LogP contribution in [0, 0.1) is 0 Å². The van der Waals surface area contributed by atoms with Crippen LogP contribution in [0.15, 0.2) is 89.1 Å². The molecule has 1 aromatic heterocycles. The Morgan fingerprint density at radius 3 is 2.29 bits per heavy atom. The van der Waals surface area contributed by atoms with E-state index in [4.69, 9.17) is 4.74 Å². The molecular formula is C26H24N2O4S2. The fraction of sp³-hybridized carbons (Fsp3) is 0.154. The fourth-order valence-electron chi connectivity index (χ4n) is 3.40. The quantitative estimate of drug-likeness (QED) is 0.347. The number of benzene rings is 3. The standard InChI is InChI=1S/C26H24N2O4S2/c1-32-22-11-13-23(14-12-22)34(30,31)16-15-25(29)28-26-27-24(18-33-26)21-9-7-20(8-10-21)17-19-5-3-2-4-6-19/h2-14,18H,15-17H2,1H3,(H,27,28,29). The Labute approximate surface area is 203 Å². The molecule has 174 valence electrons. The molecule has 1 heterocycles. The van der Waals surface area contributed by atoms with Crippen molar-refractivity contribution in [1.82, 2.24) is 4.98 Å². The van der Waals surface area contributed by atoms with E-state index in [1.54, 1.807) is 12.1 Å². The number of nitrogens with zero attached hydrogens (tertiary/aromatic N) is 1. The van der Waals surface area contributed by atoms with E-state index in [0.717, 1.165) is 17.7 Å². The van der Waals surface area contributed by atoms with Gasteiger partial charge in [-0.25, -0.2) is 13.4 Å². The van der Waals surface area contributed by atoms with Crippen LogP contribution >= 0.6 is 11.3 Å². The number of sulfone groups is 1. The number of rotatable bonds is 9. The third-order valence-electron chi connectivity index (χ3n) is 5.27. The lowest BCUT2D eigenvalue weighted by molar-refractivity contribution is -0.115. The molecule has 0 spiro atoms. The smallest absolute Gasteiger partial charge is 0.227 e. The Kier molecular flexibility index (Phi) is 7.40. The van der Waals surface area contributed by atoms with Crippen molar-refractivity contribution >= 4 is 32.2 Å². The molecule has 0 unspecified atom stereocenters. The molecule has 0 aliphatic heterocycles. The molecule has 8 heteroatoms. The van der Waals surface area contributed by atoms with Gasteiger partial charge in [0, 0.05) is 17.4 Å². The predicted molar refractivity (Wildman–Crippen MR) is 135 cm³/mol. The van der Waals surface area contributed by atoms with Crippen molar-refractivity contribution in [3.63, 3.8) is 0 Å². The molecule has 0 bridgehead atoms. The van der Waals surface area contributed by atoms with Crippen LogP contribution in [0.4, 0.5) is 5.13 Å². The van der Waals surface area contributed by atoms with Gasteiger partial charge in [0.2, 0.25) is 5.91 Å². The maximum Gasteiger partial charge on any atom is 0.227 e. The molecule has 0 saturated heterocycles. The highest BCUT2D eigenvalue weighted by Gasteiger charge is 2.17. The molecule has 0 fully saturated rings. The van der Waals surface area contributed by atoms with E-state index in [0.29, 0.717) is 10.9 Å². The van der Waals surface area contributed by atoms with Gasteiger partial charge in [0.1, 0.15) is 5.75 Å². The average molecular weight is 493 g/mol. The third kappa shape index (κ3) is 6.09. The summed E-state index contributed by atoms with van der Waals surface area (Å²) in [5.74, 6) is -0.106.